The average molecular weight is 456 g/mol. The third-order valence-corrected chi connectivity index (χ3v) is 4.99. The highest BCUT2D eigenvalue weighted by molar-refractivity contribution is 6.04. The molecule has 1 N–H and O–H groups in total. The summed E-state index contributed by atoms with van der Waals surface area (Å²) in [7, 11) is 0. The van der Waals surface area contributed by atoms with Gasteiger partial charge in [0.1, 0.15) is 17.3 Å². The Kier molecular flexibility index (Phi) is 6.93. The molecule has 0 saturated heterocycles. The number of hydrogen-bond donors (Lipinski definition) is 1. The number of hydrogen-bond acceptors (Lipinski definition) is 5. The lowest BCUT2D eigenvalue weighted by Gasteiger charge is -2.11. The maximum absolute atomic E-state index is 13.0. The molecular weight excluding hydrogens is 435 g/mol. The molecule has 0 aliphatic heterocycles. The van der Waals surface area contributed by atoms with Gasteiger partial charge in [-0.25, -0.2) is 14.6 Å². The number of carbonyl (C=O) groups excluding carboxylic acids is 2. The standard InChI is InChI=1S/C27H21FN2O4/c1-18-6-8-20(9-7-18)27(32)34-25-15-10-19-4-2-3-5-23(19)24(25)16-29-30-26(31)17-33-22-13-11-21(28)12-14-22/h2-16H,17H2,1H3,(H,30,31). The normalized spacial score (nSPS) is 10.9. The number of rotatable bonds is 7. The van der Waals surface area contributed by atoms with Crippen LogP contribution in [0.3, 0.4) is 0 Å². The van der Waals surface area contributed by atoms with Crippen LogP contribution in [0.25, 0.3) is 10.8 Å². The van der Waals surface area contributed by atoms with Crippen LogP contribution < -0.4 is 14.9 Å². The van der Waals surface area contributed by atoms with E-state index in [-0.39, 0.29) is 6.61 Å². The van der Waals surface area contributed by atoms with Gasteiger partial charge in [0.15, 0.2) is 6.61 Å². The minimum atomic E-state index is -0.501. The lowest BCUT2D eigenvalue weighted by molar-refractivity contribution is -0.123. The molecule has 4 aromatic rings. The van der Waals surface area contributed by atoms with Crippen molar-refractivity contribution in [3.8, 4) is 11.5 Å². The van der Waals surface area contributed by atoms with Gasteiger partial charge in [0.05, 0.1) is 11.8 Å². The summed E-state index contributed by atoms with van der Waals surface area (Å²) in [6.07, 6.45) is 1.43. The maximum Gasteiger partial charge on any atom is 0.343 e. The van der Waals surface area contributed by atoms with Gasteiger partial charge in [-0.15, -0.1) is 0 Å². The van der Waals surface area contributed by atoms with Gasteiger partial charge in [0.25, 0.3) is 5.91 Å². The molecule has 0 atom stereocenters. The van der Waals surface area contributed by atoms with E-state index in [0.717, 1.165) is 16.3 Å². The van der Waals surface area contributed by atoms with Gasteiger partial charge in [-0.1, -0.05) is 48.0 Å². The summed E-state index contributed by atoms with van der Waals surface area (Å²) in [5.41, 5.74) is 4.39. The van der Waals surface area contributed by atoms with Crippen LogP contribution >= 0.6 is 0 Å². The van der Waals surface area contributed by atoms with Gasteiger partial charge in [-0.2, -0.15) is 5.10 Å². The lowest BCUT2D eigenvalue weighted by Crippen LogP contribution is -2.24. The number of halogens is 1. The molecule has 0 fully saturated rings. The topological polar surface area (TPSA) is 77.0 Å². The number of nitrogens with zero attached hydrogens (tertiary/aromatic N) is 1. The van der Waals surface area contributed by atoms with Crippen LogP contribution in [0.4, 0.5) is 4.39 Å². The molecule has 4 rings (SSSR count). The molecule has 0 bridgehead atoms. The van der Waals surface area contributed by atoms with E-state index in [9.17, 15) is 14.0 Å². The Morgan fingerprint density at radius 2 is 1.68 bits per heavy atom. The number of fused-ring (bicyclic) bond motifs is 1. The summed E-state index contributed by atoms with van der Waals surface area (Å²) in [6.45, 7) is 1.64. The number of hydrazone groups is 1. The molecule has 0 spiro atoms. The Hall–Kier alpha value is -4.52. The molecule has 0 heterocycles. The van der Waals surface area contributed by atoms with E-state index in [1.165, 1.54) is 30.5 Å². The van der Waals surface area contributed by atoms with Crippen LogP contribution in [0.15, 0.2) is 90.0 Å². The summed E-state index contributed by atoms with van der Waals surface area (Å²) in [5, 5.41) is 5.74. The van der Waals surface area contributed by atoms with Crippen LogP contribution in [-0.2, 0) is 4.79 Å². The van der Waals surface area contributed by atoms with Crippen LogP contribution in [-0.4, -0.2) is 24.7 Å². The molecule has 0 aromatic heterocycles. The molecule has 0 unspecified atom stereocenters. The van der Waals surface area contributed by atoms with Gasteiger partial charge in [0.2, 0.25) is 0 Å². The quantitative estimate of drug-likeness (QED) is 0.183. The van der Waals surface area contributed by atoms with Crippen molar-refractivity contribution >= 4 is 28.9 Å². The molecule has 4 aromatic carbocycles. The molecule has 0 aliphatic carbocycles. The highest BCUT2D eigenvalue weighted by Gasteiger charge is 2.13. The van der Waals surface area contributed by atoms with Gasteiger partial charge in [-0.05, 0) is 60.2 Å². The van der Waals surface area contributed by atoms with E-state index < -0.39 is 17.7 Å². The first kappa shape index (κ1) is 22.7. The average Bonchev–Trinajstić information content (AvgIpc) is 2.85. The predicted molar refractivity (Wildman–Crippen MR) is 128 cm³/mol. The molecular formula is C27H21FN2O4. The summed E-state index contributed by atoms with van der Waals surface area (Å²) in [5.74, 6) is -0.722. The fourth-order valence-electron chi connectivity index (χ4n) is 3.23. The second-order valence-electron chi connectivity index (χ2n) is 7.49. The van der Waals surface area contributed by atoms with Gasteiger partial charge in [-0.3, -0.25) is 4.79 Å². The van der Waals surface area contributed by atoms with Crippen molar-refractivity contribution in [3.05, 3.63) is 107 Å². The number of amides is 1. The van der Waals surface area contributed by atoms with Crippen LogP contribution in [0.5, 0.6) is 11.5 Å². The van der Waals surface area contributed by atoms with Crippen molar-refractivity contribution in [1.82, 2.24) is 5.43 Å². The zero-order valence-electron chi connectivity index (χ0n) is 18.3. The number of carbonyl (C=O) groups is 2. The second kappa shape index (κ2) is 10.4. The monoisotopic (exact) mass is 456 g/mol. The van der Waals surface area contributed by atoms with Crippen LogP contribution in [0.2, 0.25) is 0 Å². The Morgan fingerprint density at radius 1 is 0.941 bits per heavy atom. The van der Waals surface area contributed by atoms with Crippen molar-refractivity contribution < 1.29 is 23.5 Å². The first-order chi connectivity index (χ1) is 16.5. The molecule has 7 heteroatoms. The SMILES string of the molecule is Cc1ccc(C(=O)Oc2ccc3ccccc3c2C=NNC(=O)COc2ccc(F)cc2)cc1. The lowest BCUT2D eigenvalue weighted by atomic mass is 10.0. The Bertz CT molecular complexity index is 1350. The predicted octanol–water partition coefficient (Wildman–Crippen LogP) is 5.04. The van der Waals surface area contributed by atoms with Crippen molar-refractivity contribution in [2.45, 2.75) is 6.92 Å². The second-order valence-corrected chi connectivity index (χ2v) is 7.49. The van der Waals surface area contributed by atoms with Gasteiger partial charge < -0.3 is 9.47 Å². The number of ether oxygens (including phenoxy) is 2. The summed E-state index contributed by atoms with van der Waals surface area (Å²) in [4.78, 5) is 24.8. The van der Waals surface area contributed by atoms with Crippen molar-refractivity contribution in [2.24, 2.45) is 5.10 Å². The molecule has 34 heavy (non-hydrogen) atoms. The fourth-order valence-corrected chi connectivity index (χ4v) is 3.23. The third-order valence-electron chi connectivity index (χ3n) is 4.99. The van der Waals surface area contributed by atoms with E-state index in [4.69, 9.17) is 9.47 Å². The first-order valence-electron chi connectivity index (χ1n) is 10.5. The Morgan fingerprint density at radius 3 is 2.44 bits per heavy atom. The van der Waals surface area contributed by atoms with Crippen molar-refractivity contribution in [1.29, 1.82) is 0 Å². The highest BCUT2D eigenvalue weighted by atomic mass is 19.1. The van der Waals surface area contributed by atoms with Gasteiger partial charge >= 0.3 is 5.97 Å². The minimum Gasteiger partial charge on any atom is -0.484 e. The van der Waals surface area contributed by atoms with E-state index in [2.05, 4.69) is 10.5 Å². The number of aryl methyl sites for hydroxylation is 1. The molecule has 6 nitrogen and oxygen atoms in total. The first-order valence-corrected chi connectivity index (χ1v) is 10.5. The van der Waals surface area contributed by atoms with Gasteiger partial charge in [0, 0.05) is 5.56 Å². The fraction of sp³-hybridized carbons (Fsp3) is 0.0741. The van der Waals surface area contributed by atoms with Crippen molar-refractivity contribution in [2.75, 3.05) is 6.61 Å². The van der Waals surface area contributed by atoms with E-state index in [1.54, 1.807) is 18.2 Å². The highest BCUT2D eigenvalue weighted by Crippen LogP contribution is 2.27. The Balaban J connectivity index is 1.50. The molecule has 0 saturated carbocycles. The number of nitrogens with one attached hydrogen (secondary N) is 1. The molecule has 1 amide bonds. The van der Waals surface area contributed by atoms with Crippen LogP contribution in [0, 0.1) is 12.7 Å². The zero-order valence-corrected chi connectivity index (χ0v) is 18.3. The van der Waals surface area contributed by atoms with Crippen LogP contribution in [0.1, 0.15) is 21.5 Å². The zero-order chi connectivity index (χ0) is 23.9. The summed E-state index contributed by atoms with van der Waals surface area (Å²) in [6, 6.07) is 23.5. The molecule has 170 valence electrons. The smallest absolute Gasteiger partial charge is 0.343 e. The number of benzene rings is 4. The maximum atomic E-state index is 13.0. The Labute approximate surface area is 195 Å². The van der Waals surface area contributed by atoms with Crippen molar-refractivity contribution in [3.63, 3.8) is 0 Å². The summed E-state index contributed by atoms with van der Waals surface area (Å²) < 4.78 is 23.9. The molecule has 0 aliphatic rings. The minimum absolute atomic E-state index is 0.298. The summed E-state index contributed by atoms with van der Waals surface area (Å²) >= 11 is 0. The van der Waals surface area contributed by atoms with E-state index in [0.29, 0.717) is 22.6 Å². The largest absolute Gasteiger partial charge is 0.484 e. The third kappa shape index (κ3) is 5.63. The molecule has 0 radical (unpaired) electrons. The van der Waals surface area contributed by atoms with E-state index in [1.807, 2.05) is 49.4 Å². The number of esters is 1. The van der Waals surface area contributed by atoms with E-state index >= 15 is 0 Å².